The molecule has 2 N–H and O–H groups in total. The molecule has 1 saturated heterocycles. The van der Waals surface area contributed by atoms with Crippen LogP contribution in [-0.2, 0) is 6.54 Å². The van der Waals surface area contributed by atoms with Gasteiger partial charge in [0.25, 0.3) is 0 Å². The molecule has 154 valence electrons. The molecule has 0 radical (unpaired) electrons. The van der Waals surface area contributed by atoms with Gasteiger partial charge in [0.15, 0.2) is 5.96 Å². The number of halogens is 1. The van der Waals surface area contributed by atoms with Crippen molar-refractivity contribution in [2.24, 2.45) is 10.9 Å². The fraction of sp³-hybridized carbons (Fsp3) is 0.800. The number of hydrogen-bond donors (Lipinski definition) is 2. The predicted octanol–water partition coefficient (Wildman–Crippen LogP) is 4.09. The molecule has 1 aromatic rings. The van der Waals surface area contributed by atoms with Gasteiger partial charge in [0, 0.05) is 37.6 Å². The lowest BCUT2D eigenvalue weighted by Crippen LogP contribution is -2.49. The number of rotatable bonds is 5. The molecule has 0 unspecified atom stereocenters. The number of nitrogens with zero attached hydrogens (tertiary/aromatic N) is 3. The van der Waals surface area contributed by atoms with E-state index in [0.717, 1.165) is 29.1 Å². The minimum absolute atomic E-state index is 0. The molecule has 2 heterocycles. The third-order valence-electron chi connectivity index (χ3n) is 5.87. The van der Waals surface area contributed by atoms with Crippen molar-refractivity contribution < 1.29 is 0 Å². The first-order valence-corrected chi connectivity index (χ1v) is 11.1. The van der Waals surface area contributed by atoms with Crippen LogP contribution in [0.15, 0.2) is 4.99 Å². The van der Waals surface area contributed by atoms with Gasteiger partial charge in [0.2, 0.25) is 0 Å². The zero-order valence-electron chi connectivity index (χ0n) is 17.1. The first-order valence-electron chi connectivity index (χ1n) is 10.3. The number of aliphatic imine (C=N–C) groups is 1. The lowest BCUT2D eigenvalue weighted by Gasteiger charge is -2.36. The molecule has 1 aromatic heterocycles. The highest BCUT2D eigenvalue weighted by atomic mass is 127. The van der Waals surface area contributed by atoms with E-state index in [1.165, 1.54) is 69.5 Å². The average molecular weight is 506 g/mol. The van der Waals surface area contributed by atoms with E-state index in [4.69, 9.17) is 0 Å². The minimum atomic E-state index is 0. The Bertz CT molecular complexity index is 570. The van der Waals surface area contributed by atoms with E-state index in [9.17, 15) is 0 Å². The molecule has 7 heteroatoms. The van der Waals surface area contributed by atoms with Crippen molar-refractivity contribution in [1.82, 2.24) is 20.5 Å². The van der Waals surface area contributed by atoms with Crippen LogP contribution in [0.25, 0.3) is 0 Å². The fourth-order valence-corrected chi connectivity index (χ4v) is 5.03. The number of nitrogens with one attached hydrogen (secondary N) is 2. The van der Waals surface area contributed by atoms with Crippen LogP contribution in [0.4, 0.5) is 0 Å². The summed E-state index contributed by atoms with van der Waals surface area (Å²) in [6.45, 7) is 8.71. The molecular weight excluding hydrogens is 469 g/mol. The summed E-state index contributed by atoms with van der Waals surface area (Å²) in [6, 6.07) is 0.531. The van der Waals surface area contributed by atoms with Gasteiger partial charge < -0.3 is 15.5 Å². The molecule has 1 aliphatic heterocycles. The Morgan fingerprint density at radius 2 is 1.85 bits per heavy atom. The summed E-state index contributed by atoms with van der Waals surface area (Å²) in [5.41, 5.74) is 1.14. The van der Waals surface area contributed by atoms with Gasteiger partial charge >= 0.3 is 0 Å². The molecule has 2 fully saturated rings. The van der Waals surface area contributed by atoms with Gasteiger partial charge in [0.1, 0.15) is 5.01 Å². The van der Waals surface area contributed by atoms with Crippen LogP contribution in [0.5, 0.6) is 0 Å². The van der Waals surface area contributed by atoms with E-state index in [-0.39, 0.29) is 24.0 Å². The van der Waals surface area contributed by atoms with Crippen LogP contribution in [0.1, 0.15) is 60.5 Å². The SMILES string of the molecule is CN=C(NCc1nc(C)c(C)s1)NC1CCN(CC2CCCCC2)CC1.I. The second-order valence-electron chi connectivity index (χ2n) is 7.90. The first-order chi connectivity index (χ1) is 12.6. The maximum Gasteiger partial charge on any atom is 0.191 e. The smallest absolute Gasteiger partial charge is 0.191 e. The van der Waals surface area contributed by atoms with Gasteiger partial charge in [-0.15, -0.1) is 35.3 Å². The van der Waals surface area contributed by atoms with Crippen LogP contribution in [0.2, 0.25) is 0 Å². The Morgan fingerprint density at radius 3 is 2.44 bits per heavy atom. The van der Waals surface area contributed by atoms with Crippen molar-refractivity contribution in [3.05, 3.63) is 15.6 Å². The summed E-state index contributed by atoms with van der Waals surface area (Å²) < 4.78 is 0. The number of guanidine groups is 1. The van der Waals surface area contributed by atoms with Crippen molar-refractivity contribution in [3.8, 4) is 0 Å². The molecule has 5 nitrogen and oxygen atoms in total. The summed E-state index contributed by atoms with van der Waals surface area (Å²) in [6.07, 6.45) is 9.67. The van der Waals surface area contributed by atoms with Gasteiger partial charge in [-0.3, -0.25) is 4.99 Å². The fourth-order valence-electron chi connectivity index (χ4n) is 4.16. The van der Waals surface area contributed by atoms with E-state index in [1.54, 1.807) is 11.3 Å². The summed E-state index contributed by atoms with van der Waals surface area (Å²) in [4.78, 5) is 13.0. The molecule has 1 aliphatic carbocycles. The Hall–Kier alpha value is -0.410. The topological polar surface area (TPSA) is 52.6 Å². The number of aryl methyl sites for hydroxylation is 2. The van der Waals surface area contributed by atoms with Gasteiger partial charge in [-0.2, -0.15) is 0 Å². The Balaban J connectivity index is 0.00000261. The normalized spacial score (nSPS) is 20.3. The molecule has 0 aromatic carbocycles. The van der Waals surface area contributed by atoms with Crippen LogP contribution >= 0.6 is 35.3 Å². The molecule has 3 rings (SSSR count). The molecule has 0 spiro atoms. The maximum atomic E-state index is 4.60. The van der Waals surface area contributed by atoms with Crippen LogP contribution in [0.3, 0.4) is 0 Å². The van der Waals surface area contributed by atoms with E-state index in [0.29, 0.717) is 6.04 Å². The number of likely N-dealkylation sites (tertiary alicyclic amines) is 1. The van der Waals surface area contributed by atoms with Crippen LogP contribution in [-0.4, -0.2) is 48.6 Å². The zero-order chi connectivity index (χ0) is 18.4. The number of hydrogen-bond acceptors (Lipinski definition) is 4. The molecule has 2 aliphatic rings. The highest BCUT2D eigenvalue weighted by molar-refractivity contribution is 14.0. The molecular formula is C20H36IN5S. The average Bonchev–Trinajstić information content (AvgIpc) is 2.98. The molecule has 0 atom stereocenters. The second-order valence-corrected chi connectivity index (χ2v) is 9.19. The summed E-state index contributed by atoms with van der Waals surface area (Å²) in [5, 5.41) is 8.16. The third-order valence-corrected chi connectivity index (χ3v) is 6.95. The largest absolute Gasteiger partial charge is 0.354 e. The highest BCUT2D eigenvalue weighted by Gasteiger charge is 2.23. The number of piperidine rings is 1. The summed E-state index contributed by atoms with van der Waals surface area (Å²) in [7, 11) is 1.85. The van der Waals surface area contributed by atoms with Crippen molar-refractivity contribution in [1.29, 1.82) is 0 Å². The molecule has 1 saturated carbocycles. The molecule has 27 heavy (non-hydrogen) atoms. The number of aromatic nitrogens is 1. The Kier molecular flexibility index (Phi) is 9.79. The van der Waals surface area contributed by atoms with E-state index in [1.807, 2.05) is 7.05 Å². The molecule has 0 amide bonds. The monoisotopic (exact) mass is 505 g/mol. The van der Waals surface area contributed by atoms with E-state index >= 15 is 0 Å². The summed E-state index contributed by atoms with van der Waals surface area (Å²) >= 11 is 1.77. The standard InChI is InChI=1S/C20H35N5S.HI/c1-15-16(2)26-19(23-15)13-22-20(21-3)24-18-9-11-25(12-10-18)14-17-7-5-4-6-8-17;/h17-18H,4-14H2,1-3H3,(H2,21,22,24);1H. The maximum absolute atomic E-state index is 4.60. The van der Waals surface area contributed by atoms with E-state index in [2.05, 4.69) is 39.4 Å². The quantitative estimate of drug-likeness (QED) is 0.360. The van der Waals surface area contributed by atoms with Crippen LogP contribution in [0, 0.1) is 19.8 Å². The lowest BCUT2D eigenvalue weighted by atomic mass is 9.88. The van der Waals surface area contributed by atoms with Crippen molar-refractivity contribution in [2.75, 3.05) is 26.7 Å². The zero-order valence-corrected chi connectivity index (χ0v) is 20.2. The number of thiazole rings is 1. The Labute approximate surface area is 185 Å². The van der Waals surface area contributed by atoms with Gasteiger partial charge in [0.05, 0.1) is 12.2 Å². The predicted molar refractivity (Wildman–Crippen MR) is 126 cm³/mol. The first kappa shape index (κ1) is 22.9. The third kappa shape index (κ3) is 7.16. The van der Waals surface area contributed by atoms with E-state index < -0.39 is 0 Å². The van der Waals surface area contributed by atoms with Gasteiger partial charge in [-0.1, -0.05) is 19.3 Å². The van der Waals surface area contributed by atoms with Crippen molar-refractivity contribution >= 4 is 41.3 Å². The molecule has 0 bridgehead atoms. The van der Waals surface area contributed by atoms with Crippen molar-refractivity contribution in [3.63, 3.8) is 0 Å². The second kappa shape index (κ2) is 11.6. The van der Waals surface area contributed by atoms with Gasteiger partial charge in [-0.25, -0.2) is 4.98 Å². The van der Waals surface area contributed by atoms with Crippen LogP contribution < -0.4 is 10.6 Å². The summed E-state index contributed by atoms with van der Waals surface area (Å²) in [5.74, 6) is 1.86. The highest BCUT2D eigenvalue weighted by Crippen LogP contribution is 2.25. The van der Waals surface area contributed by atoms with Gasteiger partial charge in [-0.05, 0) is 45.4 Å². The minimum Gasteiger partial charge on any atom is -0.354 e. The lowest BCUT2D eigenvalue weighted by molar-refractivity contribution is 0.160. The Morgan fingerprint density at radius 1 is 1.15 bits per heavy atom. The van der Waals surface area contributed by atoms with Crippen molar-refractivity contribution in [2.45, 2.75) is 71.4 Å².